The van der Waals surface area contributed by atoms with Crippen LogP contribution < -0.4 is 0 Å². The Morgan fingerprint density at radius 3 is 1.89 bits per heavy atom. The van der Waals surface area contributed by atoms with Gasteiger partial charge in [-0.05, 0) is 19.4 Å². The summed E-state index contributed by atoms with van der Waals surface area (Å²) >= 11 is 0. The molecule has 1 rings (SSSR count). The highest BCUT2D eigenvalue weighted by molar-refractivity contribution is 7.59. The summed E-state index contributed by atoms with van der Waals surface area (Å²) in [6.07, 6.45) is 3.62. The predicted octanol–water partition coefficient (Wildman–Crippen LogP) is 1.21. The topological polar surface area (TPSA) is 25.8 Å². The van der Waals surface area contributed by atoms with Gasteiger partial charge in [0.05, 0.1) is 0 Å². The molecule has 0 saturated carbocycles. The van der Waals surface area contributed by atoms with Gasteiger partial charge in [0.2, 0.25) is 0 Å². The van der Waals surface area contributed by atoms with E-state index in [0.29, 0.717) is 0 Å². The molecule has 50 valence electrons. The molecule has 1 heterocycles. The molecule has 0 bridgehead atoms. The average Bonchev–Trinajstić information content (AvgIpc) is 1.77. The van der Waals surface area contributed by atoms with Crippen molar-refractivity contribution >= 4 is 13.5 Å². The van der Waals surface area contributed by atoms with Crippen LogP contribution in [0.2, 0.25) is 0 Å². The molecule has 1 aromatic heterocycles. The van der Waals surface area contributed by atoms with Crippen LogP contribution in [0.3, 0.4) is 0 Å². The highest BCUT2D eigenvalue weighted by Gasteiger charge is 1.82. The number of hydrogen-bond donors (Lipinski definition) is 0. The summed E-state index contributed by atoms with van der Waals surface area (Å²) in [5.41, 5.74) is 1.11. The van der Waals surface area contributed by atoms with Crippen molar-refractivity contribution in [2.45, 2.75) is 13.8 Å². The number of aryl methyl sites for hydroxylation is 2. The van der Waals surface area contributed by atoms with Crippen molar-refractivity contribution in [3.63, 3.8) is 0 Å². The molecule has 0 amide bonds. The molecule has 0 radical (unpaired) electrons. The van der Waals surface area contributed by atoms with E-state index in [1.165, 1.54) is 0 Å². The molecule has 9 heavy (non-hydrogen) atoms. The van der Waals surface area contributed by atoms with Crippen molar-refractivity contribution in [2.24, 2.45) is 0 Å². The molecule has 0 saturated heterocycles. The van der Waals surface area contributed by atoms with Crippen molar-refractivity contribution in [3.8, 4) is 0 Å². The van der Waals surface area contributed by atoms with Crippen LogP contribution in [-0.2, 0) is 0 Å². The van der Waals surface area contributed by atoms with Crippen molar-refractivity contribution in [1.82, 2.24) is 9.97 Å². The third-order valence-electron chi connectivity index (χ3n) is 0.910. The normalized spacial score (nSPS) is 8.22. The van der Waals surface area contributed by atoms with E-state index in [1.807, 2.05) is 26.2 Å². The number of rotatable bonds is 0. The molecule has 2 nitrogen and oxygen atoms in total. The average molecular weight is 142 g/mol. The van der Waals surface area contributed by atoms with E-state index < -0.39 is 0 Å². The first kappa shape index (κ1) is 8.43. The van der Waals surface area contributed by atoms with Gasteiger partial charge >= 0.3 is 0 Å². The van der Waals surface area contributed by atoms with E-state index in [9.17, 15) is 0 Å². The lowest BCUT2D eigenvalue weighted by Gasteiger charge is -1.88. The van der Waals surface area contributed by atoms with E-state index in [2.05, 4.69) is 9.97 Å². The van der Waals surface area contributed by atoms with Gasteiger partial charge in [-0.3, -0.25) is 0 Å². The Morgan fingerprint density at radius 2 is 1.56 bits per heavy atom. The lowest BCUT2D eigenvalue weighted by Crippen LogP contribution is -1.84. The molecule has 0 spiro atoms. The summed E-state index contributed by atoms with van der Waals surface area (Å²) in [6, 6.07) is 0. The van der Waals surface area contributed by atoms with Gasteiger partial charge in [-0.25, -0.2) is 9.97 Å². The minimum atomic E-state index is 0. The Kier molecular flexibility index (Phi) is 3.24. The van der Waals surface area contributed by atoms with Crippen LogP contribution in [-0.4, -0.2) is 9.97 Å². The molecule has 1 aromatic rings. The fourth-order valence-corrected chi connectivity index (χ4v) is 0.457. The number of aromatic nitrogens is 2. The van der Waals surface area contributed by atoms with Gasteiger partial charge in [0, 0.05) is 12.4 Å². The van der Waals surface area contributed by atoms with Crippen molar-refractivity contribution < 1.29 is 0 Å². The molecule has 0 aliphatic heterocycles. The maximum atomic E-state index is 3.97. The van der Waals surface area contributed by atoms with Gasteiger partial charge in [0.25, 0.3) is 0 Å². The second-order valence-electron chi connectivity index (χ2n) is 1.81. The zero-order valence-corrected chi connectivity index (χ0v) is 6.55. The van der Waals surface area contributed by atoms with E-state index in [4.69, 9.17) is 0 Å². The smallest absolute Gasteiger partial charge is 0.125 e. The Labute approximate surface area is 61.8 Å². The van der Waals surface area contributed by atoms with E-state index >= 15 is 0 Å². The maximum Gasteiger partial charge on any atom is 0.125 e. The fraction of sp³-hybridized carbons (Fsp3) is 0.333. The second kappa shape index (κ2) is 3.45. The van der Waals surface area contributed by atoms with Gasteiger partial charge in [-0.2, -0.15) is 13.5 Å². The minimum Gasteiger partial charge on any atom is -0.241 e. The SMILES string of the molecule is Cc1cnc(C)nc1.S. The third-order valence-corrected chi connectivity index (χ3v) is 0.910. The van der Waals surface area contributed by atoms with Gasteiger partial charge in [0.15, 0.2) is 0 Å². The monoisotopic (exact) mass is 142 g/mol. The van der Waals surface area contributed by atoms with Crippen molar-refractivity contribution in [2.75, 3.05) is 0 Å². The van der Waals surface area contributed by atoms with Crippen LogP contribution >= 0.6 is 13.5 Å². The van der Waals surface area contributed by atoms with Crippen LogP contribution in [0.4, 0.5) is 0 Å². The first-order valence-corrected chi connectivity index (χ1v) is 2.54. The largest absolute Gasteiger partial charge is 0.241 e. The molecule has 0 aliphatic rings. The van der Waals surface area contributed by atoms with Crippen LogP contribution in [0.15, 0.2) is 12.4 Å². The molecule has 3 heteroatoms. The van der Waals surface area contributed by atoms with Crippen molar-refractivity contribution in [1.29, 1.82) is 0 Å². The first-order chi connectivity index (χ1) is 3.79. The quantitative estimate of drug-likeness (QED) is 0.544. The molecule has 0 N–H and O–H groups in total. The Hall–Kier alpha value is -0.570. The van der Waals surface area contributed by atoms with Gasteiger partial charge in [0.1, 0.15) is 5.82 Å². The summed E-state index contributed by atoms with van der Waals surface area (Å²) < 4.78 is 0. The number of hydrogen-bond acceptors (Lipinski definition) is 2. The highest BCUT2D eigenvalue weighted by Crippen LogP contribution is 1.89. The Morgan fingerprint density at radius 1 is 1.11 bits per heavy atom. The molecular formula is C6H10N2S. The zero-order valence-electron chi connectivity index (χ0n) is 5.55. The summed E-state index contributed by atoms with van der Waals surface area (Å²) in [5.74, 6) is 0.829. The van der Waals surface area contributed by atoms with Crippen LogP contribution in [0.25, 0.3) is 0 Å². The molecule has 0 unspecified atom stereocenters. The Bertz CT molecular complexity index is 150. The maximum absolute atomic E-state index is 3.97. The summed E-state index contributed by atoms with van der Waals surface area (Å²) in [5, 5.41) is 0. The molecular weight excluding hydrogens is 132 g/mol. The standard InChI is InChI=1S/C6H8N2.H2S/c1-5-3-7-6(2)8-4-5;/h3-4H,1-2H3;1H2. The lowest BCUT2D eigenvalue weighted by molar-refractivity contribution is 1.03. The lowest BCUT2D eigenvalue weighted by atomic mass is 10.4. The second-order valence-corrected chi connectivity index (χ2v) is 1.81. The summed E-state index contributed by atoms with van der Waals surface area (Å²) in [4.78, 5) is 7.94. The fourth-order valence-electron chi connectivity index (χ4n) is 0.457. The minimum absolute atomic E-state index is 0. The van der Waals surface area contributed by atoms with Crippen LogP contribution in [0.5, 0.6) is 0 Å². The van der Waals surface area contributed by atoms with Crippen LogP contribution in [0, 0.1) is 13.8 Å². The van der Waals surface area contributed by atoms with Crippen molar-refractivity contribution in [3.05, 3.63) is 23.8 Å². The highest BCUT2D eigenvalue weighted by atomic mass is 32.1. The molecule has 0 atom stereocenters. The third kappa shape index (κ3) is 2.46. The molecule has 0 aromatic carbocycles. The van der Waals surface area contributed by atoms with Gasteiger partial charge in [-0.15, -0.1) is 0 Å². The van der Waals surface area contributed by atoms with E-state index in [1.54, 1.807) is 0 Å². The molecule has 0 fully saturated rings. The number of nitrogens with zero attached hydrogens (tertiary/aromatic N) is 2. The molecule has 0 aliphatic carbocycles. The summed E-state index contributed by atoms with van der Waals surface area (Å²) in [7, 11) is 0. The first-order valence-electron chi connectivity index (χ1n) is 2.54. The van der Waals surface area contributed by atoms with E-state index in [-0.39, 0.29) is 13.5 Å². The Balaban J connectivity index is 0.000000640. The van der Waals surface area contributed by atoms with Gasteiger partial charge in [-0.1, -0.05) is 0 Å². The van der Waals surface area contributed by atoms with Gasteiger partial charge < -0.3 is 0 Å². The predicted molar refractivity (Wildman–Crippen MR) is 41.9 cm³/mol. The van der Waals surface area contributed by atoms with Crippen LogP contribution in [0.1, 0.15) is 11.4 Å². The summed E-state index contributed by atoms with van der Waals surface area (Å²) in [6.45, 7) is 3.85. The van der Waals surface area contributed by atoms with E-state index in [0.717, 1.165) is 11.4 Å². The zero-order chi connectivity index (χ0) is 5.98.